The van der Waals surface area contributed by atoms with Crippen LogP contribution in [0.25, 0.3) is 17.3 Å². The number of nitrogens with one attached hydrogen (secondary N) is 4. The first-order valence-electron chi connectivity index (χ1n) is 11.3. The minimum Gasteiger partial charge on any atom is -0.453 e. The van der Waals surface area contributed by atoms with E-state index in [4.69, 9.17) is 23.2 Å². The Kier molecular flexibility index (Phi) is 8.27. The normalized spacial score (nSPS) is 16.1. The number of ether oxygens (including phenoxy) is 1. The number of carbonyl (C=O) groups is 3. The molecule has 4 rings (SSSR count). The maximum absolute atomic E-state index is 12.7. The minimum absolute atomic E-state index is 0.107. The number of hydrogen-bond donors (Lipinski definition) is 4. The van der Waals surface area contributed by atoms with E-state index in [1.807, 2.05) is 6.07 Å². The Morgan fingerprint density at radius 2 is 2.00 bits per heavy atom. The summed E-state index contributed by atoms with van der Waals surface area (Å²) in [5.74, 6) is -0.162. The molecule has 0 aliphatic carbocycles. The van der Waals surface area contributed by atoms with Gasteiger partial charge < -0.3 is 20.4 Å². The number of nitrogens with zero attached hydrogens (tertiary/aromatic N) is 1. The number of benzene rings is 2. The average Bonchev–Trinajstić information content (AvgIpc) is 3.25. The van der Waals surface area contributed by atoms with Gasteiger partial charge in [-0.3, -0.25) is 14.9 Å². The zero-order chi connectivity index (χ0) is 26.4. The van der Waals surface area contributed by atoms with E-state index in [0.717, 1.165) is 5.56 Å². The Hall–Kier alpha value is -4.08. The SMILES string of the molecule is COC(=O)Nc1ccc2c(c1)NC(=O)C/C=C\C[C@H](NC(=O)/C=C/c1cccc(Cl)c1)c1nc-2c(Cl)[nH]1. The largest absolute Gasteiger partial charge is 0.453 e. The molecule has 2 bridgehead atoms. The molecule has 37 heavy (non-hydrogen) atoms. The number of anilines is 2. The maximum Gasteiger partial charge on any atom is 0.411 e. The number of carbonyl (C=O) groups excluding carboxylic acids is 3. The lowest BCUT2D eigenvalue weighted by atomic mass is 10.1. The molecule has 4 N–H and O–H groups in total. The second kappa shape index (κ2) is 11.8. The van der Waals surface area contributed by atoms with E-state index < -0.39 is 12.1 Å². The zero-order valence-corrected chi connectivity index (χ0v) is 21.2. The van der Waals surface area contributed by atoms with Crippen LogP contribution in [-0.4, -0.2) is 35.0 Å². The second-order valence-corrected chi connectivity index (χ2v) is 8.88. The van der Waals surface area contributed by atoms with Gasteiger partial charge in [0.25, 0.3) is 0 Å². The van der Waals surface area contributed by atoms with Gasteiger partial charge in [0.05, 0.1) is 18.8 Å². The Morgan fingerprint density at radius 3 is 2.78 bits per heavy atom. The molecular formula is C26H23Cl2N5O4. The number of hydrogen-bond acceptors (Lipinski definition) is 5. The number of halogens is 2. The van der Waals surface area contributed by atoms with Gasteiger partial charge in [0.1, 0.15) is 16.7 Å². The van der Waals surface area contributed by atoms with E-state index in [9.17, 15) is 14.4 Å². The van der Waals surface area contributed by atoms with Gasteiger partial charge >= 0.3 is 6.09 Å². The van der Waals surface area contributed by atoms with Crippen LogP contribution in [0.2, 0.25) is 10.2 Å². The molecule has 0 radical (unpaired) electrons. The molecule has 0 spiro atoms. The van der Waals surface area contributed by atoms with Gasteiger partial charge in [0.2, 0.25) is 11.8 Å². The smallest absolute Gasteiger partial charge is 0.411 e. The van der Waals surface area contributed by atoms with Crippen LogP contribution in [0.4, 0.5) is 16.2 Å². The second-order valence-electron chi connectivity index (χ2n) is 8.07. The van der Waals surface area contributed by atoms with Crippen molar-refractivity contribution in [3.63, 3.8) is 0 Å². The van der Waals surface area contributed by atoms with Crippen molar-refractivity contribution in [2.45, 2.75) is 18.9 Å². The van der Waals surface area contributed by atoms with Crippen molar-refractivity contribution in [1.29, 1.82) is 0 Å². The maximum atomic E-state index is 12.7. The third-order valence-corrected chi connectivity index (χ3v) is 5.93. The Labute approximate surface area is 222 Å². The summed E-state index contributed by atoms with van der Waals surface area (Å²) in [6.45, 7) is 0. The molecule has 190 valence electrons. The summed E-state index contributed by atoms with van der Waals surface area (Å²) >= 11 is 12.5. The summed E-state index contributed by atoms with van der Waals surface area (Å²) in [5, 5.41) is 9.13. The van der Waals surface area contributed by atoms with Gasteiger partial charge in [-0.05, 0) is 48.4 Å². The first kappa shape index (κ1) is 26.0. The fourth-order valence-corrected chi connectivity index (χ4v) is 4.12. The molecule has 0 unspecified atom stereocenters. The number of rotatable bonds is 4. The van der Waals surface area contributed by atoms with Crippen molar-refractivity contribution in [2.24, 2.45) is 0 Å². The lowest BCUT2D eigenvalue weighted by Gasteiger charge is -2.15. The molecule has 1 aromatic heterocycles. The van der Waals surface area contributed by atoms with Crippen molar-refractivity contribution >= 4 is 58.6 Å². The van der Waals surface area contributed by atoms with Gasteiger partial charge in [-0.15, -0.1) is 0 Å². The lowest BCUT2D eigenvalue weighted by molar-refractivity contribution is -0.117. The monoisotopic (exact) mass is 539 g/mol. The molecule has 0 saturated heterocycles. The number of imidazole rings is 1. The Balaban J connectivity index is 1.64. The van der Waals surface area contributed by atoms with E-state index >= 15 is 0 Å². The van der Waals surface area contributed by atoms with Gasteiger partial charge in [0.15, 0.2) is 0 Å². The molecule has 9 nitrogen and oxygen atoms in total. The molecule has 1 aliphatic rings. The fraction of sp³-hybridized carbons (Fsp3) is 0.154. The van der Waals surface area contributed by atoms with E-state index in [1.54, 1.807) is 54.6 Å². The third kappa shape index (κ3) is 6.78. The van der Waals surface area contributed by atoms with E-state index in [-0.39, 0.29) is 23.4 Å². The number of aromatic amines is 1. The van der Waals surface area contributed by atoms with E-state index in [0.29, 0.717) is 39.9 Å². The first-order chi connectivity index (χ1) is 17.8. The summed E-state index contributed by atoms with van der Waals surface area (Å²) in [6, 6.07) is 11.5. The van der Waals surface area contributed by atoms with Crippen LogP contribution in [0.5, 0.6) is 0 Å². The van der Waals surface area contributed by atoms with Crippen LogP contribution in [0.3, 0.4) is 0 Å². The van der Waals surface area contributed by atoms with Crippen molar-refractivity contribution in [3.8, 4) is 11.3 Å². The summed E-state index contributed by atoms with van der Waals surface area (Å²) in [4.78, 5) is 44.6. The van der Waals surface area contributed by atoms with Crippen LogP contribution in [-0.2, 0) is 14.3 Å². The number of H-pyrrole nitrogens is 1. The predicted octanol–water partition coefficient (Wildman–Crippen LogP) is 5.72. The highest BCUT2D eigenvalue weighted by Gasteiger charge is 2.22. The summed E-state index contributed by atoms with van der Waals surface area (Å²) < 4.78 is 4.63. The van der Waals surface area contributed by atoms with E-state index in [2.05, 4.69) is 30.7 Å². The average molecular weight is 540 g/mol. The predicted molar refractivity (Wildman–Crippen MR) is 143 cm³/mol. The van der Waals surface area contributed by atoms with Crippen molar-refractivity contribution in [2.75, 3.05) is 17.7 Å². The number of fused-ring (bicyclic) bond motifs is 4. The number of amides is 3. The van der Waals surface area contributed by atoms with Crippen LogP contribution in [0.15, 0.2) is 60.7 Å². The van der Waals surface area contributed by atoms with Crippen molar-refractivity contribution in [3.05, 3.63) is 82.3 Å². The molecule has 2 aromatic carbocycles. The van der Waals surface area contributed by atoms with Crippen LogP contribution in [0, 0.1) is 0 Å². The number of methoxy groups -OCH3 is 1. The van der Waals surface area contributed by atoms with Gasteiger partial charge in [-0.1, -0.05) is 47.5 Å². The highest BCUT2D eigenvalue weighted by Crippen LogP contribution is 2.35. The van der Waals surface area contributed by atoms with Gasteiger partial charge in [0, 0.05) is 28.8 Å². The summed E-state index contributed by atoms with van der Waals surface area (Å²) in [6.07, 6.45) is 6.41. The third-order valence-electron chi connectivity index (χ3n) is 5.42. The Bertz CT molecular complexity index is 1400. The minimum atomic E-state index is -0.648. The van der Waals surface area contributed by atoms with E-state index in [1.165, 1.54) is 13.2 Å². The number of aromatic nitrogens is 2. The molecule has 1 aliphatic heterocycles. The molecule has 2 heterocycles. The van der Waals surface area contributed by atoms with Crippen LogP contribution < -0.4 is 16.0 Å². The van der Waals surface area contributed by atoms with Gasteiger partial charge in [-0.2, -0.15) is 0 Å². The summed E-state index contributed by atoms with van der Waals surface area (Å²) in [5.41, 5.74) is 2.52. The molecule has 0 saturated carbocycles. The van der Waals surface area contributed by atoms with Crippen LogP contribution >= 0.6 is 23.2 Å². The van der Waals surface area contributed by atoms with Crippen molar-refractivity contribution < 1.29 is 19.1 Å². The highest BCUT2D eigenvalue weighted by molar-refractivity contribution is 6.32. The van der Waals surface area contributed by atoms with Gasteiger partial charge in [-0.25, -0.2) is 9.78 Å². The molecule has 0 fully saturated rings. The molecule has 3 amide bonds. The zero-order valence-electron chi connectivity index (χ0n) is 19.7. The van der Waals surface area contributed by atoms with Crippen molar-refractivity contribution in [1.82, 2.24) is 15.3 Å². The first-order valence-corrected chi connectivity index (χ1v) is 12.0. The summed E-state index contributed by atoms with van der Waals surface area (Å²) in [7, 11) is 1.25. The Morgan fingerprint density at radius 1 is 1.16 bits per heavy atom. The fourth-order valence-electron chi connectivity index (χ4n) is 3.68. The van der Waals surface area contributed by atoms with Crippen LogP contribution in [0.1, 0.15) is 30.3 Å². The molecule has 3 aromatic rings. The highest BCUT2D eigenvalue weighted by atomic mass is 35.5. The molecule has 11 heteroatoms. The standard InChI is InChI=1S/C26H23Cl2N5O4/c1-37-26(36)29-17-10-11-18-20(14-17)31-21(34)8-3-2-7-19(25-32-23(18)24(28)33-25)30-22(35)12-9-15-5-4-6-16(27)13-15/h2-6,9-14,19H,7-8H2,1H3,(H,29,36)(H,30,35)(H,31,34)(H,32,33)/b3-2-,12-9+/t19-/m0/s1. The molecule has 1 atom stereocenters. The molecular weight excluding hydrogens is 517 g/mol. The topological polar surface area (TPSA) is 125 Å². The quantitative estimate of drug-likeness (QED) is 0.249. The lowest BCUT2D eigenvalue weighted by Crippen LogP contribution is -2.27.